The van der Waals surface area contributed by atoms with Gasteiger partial charge < -0.3 is 15.5 Å². The van der Waals surface area contributed by atoms with Gasteiger partial charge in [-0.3, -0.25) is 9.59 Å². The molecule has 0 aromatic heterocycles. The zero-order chi connectivity index (χ0) is 12.1. The highest BCUT2D eigenvalue weighted by atomic mass is 32.1. The van der Waals surface area contributed by atoms with Crippen molar-refractivity contribution in [3.05, 3.63) is 0 Å². The largest absolute Gasteiger partial charge is 0.393 e. The van der Waals surface area contributed by atoms with Gasteiger partial charge in [0.1, 0.15) is 0 Å². The third kappa shape index (κ3) is 3.16. The minimum absolute atomic E-state index is 0.372. The quantitative estimate of drug-likeness (QED) is 0.534. The van der Waals surface area contributed by atoms with Crippen molar-refractivity contribution in [1.82, 2.24) is 9.80 Å². The lowest BCUT2D eigenvalue weighted by atomic mass is 10.2. The van der Waals surface area contributed by atoms with E-state index < -0.39 is 11.8 Å². The van der Waals surface area contributed by atoms with Crippen molar-refractivity contribution in [3.8, 4) is 0 Å². The Balaban J connectivity index is 2.51. The summed E-state index contributed by atoms with van der Waals surface area (Å²) < 4.78 is 0. The average molecular weight is 243 g/mol. The van der Waals surface area contributed by atoms with E-state index in [4.69, 9.17) is 18.0 Å². The summed E-state index contributed by atoms with van der Waals surface area (Å²) in [5, 5.41) is 0. The molecule has 1 fully saturated rings. The molecule has 1 heterocycles. The average Bonchev–Trinajstić information content (AvgIpc) is 2.24. The number of nitrogens with zero attached hydrogens (tertiary/aromatic N) is 2. The van der Waals surface area contributed by atoms with Gasteiger partial charge in [-0.15, -0.1) is 0 Å². The van der Waals surface area contributed by atoms with E-state index in [0.717, 1.165) is 6.42 Å². The second-order valence-electron chi connectivity index (χ2n) is 3.80. The molecule has 2 N–H and O–H groups in total. The first kappa shape index (κ1) is 12.9. The number of amides is 2. The summed E-state index contributed by atoms with van der Waals surface area (Å²) in [6.45, 7) is 4.26. The fraction of sp³-hybridized carbons (Fsp3) is 0.700. The highest BCUT2D eigenvalue weighted by molar-refractivity contribution is 7.80. The number of rotatable bonds is 5. The molecule has 0 spiro atoms. The minimum Gasteiger partial charge on any atom is -0.393 e. The summed E-state index contributed by atoms with van der Waals surface area (Å²) in [5.74, 6) is -0.841. The van der Waals surface area contributed by atoms with E-state index in [9.17, 15) is 9.59 Å². The number of thiocarbonyl (C=S) groups is 1. The molecule has 0 unspecified atom stereocenters. The maximum atomic E-state index is 11.7. The molecule has 6 heteroatoms. The Morgan fingerprint density at radius 1 is 1.25 bits per heavy atom. The monoisotopic (exact) mass is 243 g/mol. The normalized spacial score (nSPS) is 16.8. The van der Waals surface area contributed by atoms with Crippen molar-refractivity contribution in [2.24, 2.45) is 5.73 Å². The molecule has 90 valence electrons. The van der Waals surface area contributed by atoms with Gasteiger partial charge in [-0.05, 0) is 6.42 Å². The lowest BCUT2D eigenvalue weighted by Gasteiger charge is -2.33. The summed E-state index contributed by atoms with van der Waals surface area (Å²) in [6.07, 6.45) is 1.34. The molecule has 0 bridgehead atoms. The van der Waals surface area contributed by atoms with Crippen LogP contribution >= 0.6 is 12.2 Å². The molecule has 1 aliphatic rings. The minimum atomic E-state index is -0.434. The van der Waals surface area contributed by atoms with E-state index in [1.54, 1.807) is 4.90 Å². The molecular weight excluding hydrogens is 226 g/mol. The Labute approximate surface area is 101 Å². The topological polar surface area (TPSA) is 66.6 Å². The Morgan fingerprint density at radius 2 is 1.75 bits per heavy atom. The SMILES string of the molecule is CCCN1CCN(CCC(N)=S)C(=O)C1=O. The van der Waals surface area contributed by atoms with Crippen molar-refractivity contribution >= 4 is 29.0 Å². The van der Waals surface area contributed by atoms with Crippen LogP contribution in [-0.4, -0.2) is 52.8 Å². The molecular formula is C10H17N3O2S. The van der Waals surface area contributed by atoms with Gasteiger partial charge in [0.25, 0.3) is 0 Å². The predicted octanol–water partition coefficient (Wildman–Crippen LogP) is -0.257. The lowest BCUT2D eigenvalue weighted by Crippen LogP contribution is -2.54. The van der Waals surface area contributed by atoms with Crippen molar-refractivity contribution < 1.29 is 9.59 Å². The van der Waals surface area contributed by atoms with Crippen molar-refractivity contribution in [1.29, 1.82) is 0 Å². The van der Waals surface area contributed by atoms with Gasteiger partial charge in [-0.1, -0.05) is 19.1 Å². The fourth-order valence-corrected chi connectivity index (χ4v) is 1.75. The second kappa shape index (κ2) is 5.79. The van der Waals surface area contributed by atoms with Gasteiger partial charge in [-0.25, -0.2) is 0 Å². The third-order valence-corrected chi connectivity index (χ3v) is 2.72. The van der Waals surface area contributed by atoms with Crippen LogP contribution in [0.5, 0.6) is 0 Å². The lowest BCUT2D eigenvalue weighted by molar-refractivity contribution is -0.155. The van der Waals surface area contributed by atoms with E-state index >= 15 is 0 Å². The Hall–Kier alpha value is -1.17. The maximum absolute atomic E-state index is 11.7. The molecule has 0 atom stereocenters. The molecule has 16 heavy (non-hydrogen) atoms. The second-order valence-corrected chi connectivity index (χ2v) is 4.33. The van der Waals surface area contributed by atoms with Crippen LogP contribution in [0, 0.1) is 0 Å². The summed E-state index contributed by atoms with van der Waals surface area (Å²) >= 11 is 4.74. The van der Waals surface area contributed by atoms with Crippen LogP contribution in [0.4, 0.5) is 0 Å². The summed E-state index contributed by atoms with van der Waals surface area (Å²) in [5.41, 5.74) is 5.36. The third-order valence-electron chi connectivity index (χ3n) is 2.52. The van der Waals surface area contributed by atoms with Crippen LogP contribution in [0.3, 0.4) is 0 Å². The Bertz CT molecular complexity index is 306. The number of hydrogen-bond donors (Lipinski definition) is 1. The standard InChI is InChI=1S/C10H17N3O2S/c1-2-4-12-6-7-13(5-3-8(11)16)10(15)9(12)14/h2-7H2,1H3,(H2,11,16). The van der Waals surface area contributed by atoms with Gasteiger partial charge in [0, 0.05) is 32.6 Å². The number of carbonyl (C=O) groups is 2. The van der Waals surface area contributed by atoms with Crippen molar-refractivity contribution in [2.75, 3.05) is 26.2 Å². The van der Waals surface area contributed by atoms with Crippen LogP contribution < -0.4 is 5.73 Å². The molecule has 1 saturated heterocycles. The molecule has 0 saturated carbocycles. The molecule has 5 nitrogen and oxygen atoms in total. The van der Waals surface area contributed by atoms with Crippen LogP contribution in [-0.2, 0) is 9.59 Å². The van der Waals surface area contributed by atoms with Crippen LogP contribution in [0.15, 0.2) is 0 Å². The highest BCUT2D eigenvalue weighted by Gasteiger charge is 2.31. The molecule has 1 aliphatic heterocycles. The molecule has 0 aliphatic carbocycles. The van der Waals surface area contributed by atoms with Crippen LogP contribution in [0.25, 0.3) is 0 Å². The predicted molar refractivity (Wildman–Crippen MR) is 64.9 cm³/mol. The van der Waals surface area contributed by atoms with Gasteiger partial charge in [0.05, 0.1) is 4.99 Å². The first-order valence-corrected chi connectivity index (χ1v) is 5.83. The van der Waals surface area contributed by atoms with E-state index in [2.05, 4.69) is 0 Å². The van der Waals surface area contributed by atoms with E-state index in [1.165, 1.54) is 4.90 Å². The van der Waals surface area contributed by atoms with Crippen LogP contribution in [0.1, 0.15) is 19.8 Å². The molecule has 0 aromatic rings. The molecule has 1 rings (SSSR count). The van der Waals surface area contributed by atoms with E-state index in [1.807, 2.05) is 6.92 Å². The molecule has 0 aromatic carbocycles. The summed E-state index contributed by atoms with van der Waals surface area (Å²) in [4.78, 5) is 26.8. The molecule has 2 amide bonds. The van der Waals surface area contributed by atoms with Gasteiger partial charge in [0.15, 0.2) is 0 Å². The maximum Gasteiger partial charge on any atom is 0.312 e. The van der Waals surface area contributed by atoms with Gasteiger partial charge >= 0.3 is 11.8 Å². The zero-order valence-corrected chi connectivity index (χ0v) is 10.3. The smallest absolute Gasteiger partial charge is 0.312 e. The Kier molecular flexibility index (Phi) is 4.67. The van der Waals surface area contributed by atoms with Crippen molar-refractivity contribution in [3.63, 3.8) is 0 Å². The van der Waals surface area contributed by atoms with E-state index in [0.29, 0.717) is 37.6 Å². The van der Waals surface area contributed by atoms with Gasteiger partial charge in [0.2, 0.25) is 0 Å². The van der Waals surface area contributed by atoms with E-state index in [-0.39, 0.29) is 0 Å². The van der Waals surface area contributed by atoms with Crippen molar-refractivity contribution in [2.45, 2.75) is 19.8 Å². The number of piperazine rings is 1. The highest BCUT2D eigenvalue weighted by Crippen LogP contribution is 2.06. The number of carbonyl (C=O) groups excluding carboxylic acids is 2. The fourth-order valence-electron chi connectivity index (χ4n) is 1.66. The first-order valence-electron chi connectivity index (χ1n) is 5.42. The van der Waals surface area contributed by atoms with Crippen LogP contribution in [0.2, 0.25) is 0 Å². The summed E-state index contributed by atoms with van der Waals surface area (Å²) in [6, 6.07) is 0. The van der Waals surface area contributed by atoms with Gasteiger partial charge in [-0.2, -0.15) is 0 Å². The number of nitrogens with two attached hydrogens (primary N) is 1. The first-order chi connectivity index (χ1) is 7.56. The zero-order valence-electron chi connectivity index (χ0n) is 9.44. The summed E-state index contributed by atoms with van der Waals surface area (Å²) in [7, 11) is 0. The molecule has 0 radical (unpaired) electrons. The number of hydrogen-bond acceptors (Lipinski definition) is 3. The Morgan fingerprint density at radius 3 is 2.19 bits per heavy atom.